The number of nitrogens with one attached hydrogen (secondary N) is 1. The number of carboxylic acids is 1. The number of carbonyl (C=O) groups is 2. The summed E-state index contributed by atoms with van der Waals surface area (Å²) in [6.45, 7) is 7.54. The van der Waals surface area contributed by atoms with Gasteiger partial charge in [0.15, 0.2) is 0 Å². The molecule has 26 heavy (non-hydrogen) atoms. The van der Waals surface area contributed by atoms with E-state index in [1.54, 1.807) is 20.8 Å². The van der Waals surface area contributed by atoms with E-state index in [1.807, 2.05) is 19.1 Å². The Balaban J connectivity index is 1.97. The van der Waals surface area contributed by atoms with E-state index in [0.717, 1.165) is 5.56 Å². The number of hydrogen-bond acceptors (Lipinski definition) is 4. The number of aliphatic carboxylic acids is 1. The van der Waals surface area contributed by atoms with Crippen molar-refractivity contribution in [3.63, 3.8) is 0 Å². The van der Waals surface area contributed by atoms with Crippen LogP contribution in [0.3, 0.4) is 0 Å². The van der Waals surface area contributed by atoms with Crippen molar-refractivity contribution in [3.8, 4) is 0 Å². The van der Waals surface area contributed by atoms with Gasteiger partial charge in [0, 0.05) is 26.1 Å². The van der Waals surface area contributed by atoms with Crippen molar-refractivity contribution in [2.45, 2.75) is 45.4 Å². The van der Waals surface area contributed by atoms with Crippen LogP contribution in [0.1, 0.15) is 36.5 Å². The standard InChI is InChI=1S/C18H26N2O5S/c1-12-9-13(2)16(14(3)10-12)26(24,25)19-7-5-15(21)20-8-6-18(4,11-20)17(22)23/h9-10,19H,5-8,11H2,1-4H3,(H,22,23). The van der Waals surface area contributed by atoms with Gasteiger partial charge in [-0.1, -0.05) is 17.7 Å². The zero-order valence-corrected chi connectivity index (χ0v) is 16.4. The van der Waals surface area contributed by atoms with E-state index in [4.69, 9.17) is 0 Å². The molecule has 1 atom stereocenters. The number of carboxylic acid groups (broad SMARTS) is 1. The fraction of sp³-hybridized carbons (Fsp3) is 0.556. The molecule has 0 spiro atoms. The first-order valence-corrected chi connectivity index (χ1v) is 10.0. The number of rotatable bonds is 6. The van der Waals surface area contributed by atoms with Gasteiger partial charge in [-0.15, -0.1) is 0 Å². The first kappa shape index (κ1) is 20.4. The molecule has 1 aromatic carbocycles. The maximum atomic E-state index is 12.6. The molecule has 8 heteroatoms. The molecule has 0 bridgehead atoms. The van der Waals surface area contributed by atoms with Crippen molar-refractivity contribution >= 4 is 21.9 Å². The van der Waals surface area contributed by atoms with Crippen LogP contribution in [0.25, 0.3) is 0 Å². The van der Waals surface area contributed by atoms with Crippen LogP contribution in [0.5, 0.6) is 0 Å². The third kappa shape index (κ3) is 4.24. The molecule has 1 heterocycles. The molecular weight excluding hydrogens is 356 g/mol. The lowest BCUT2D eigenvalue weighted by molar-refractivity contribution is -0.147. The lowest BCUT2D eigenvalue weighted by Crippen LogP contribution is -2.36. The summed E-state index contributed by atoms with van der Waals surface area (Å²) in [6, 6.07) is 3.62. The third-order valence-electron chi connectivity index (χ3n) is 4.85. The molecule has 144 valence electrons. The predicted octanol–water partition coefficient (Wildman–Crippen LogP) is 1.60. The van der Waals surface area contributed by atoms with E-state index < -0.39 is 21.4 Å². The highest BCUT2D eigenvalue weighted by Crippen LogP contribution is 2.30. The maximum Gasteiger partial charge on any atom is 0.311 e. The number of amides is 1. The monoisotopic (exact) mass is 382 g/mol. The average Bonchev–Trinajstić information content (AvgIpc) is 2.89. The van der Waals surface area contributed by atoms with Crippen molar-refractivity contribution < 1.29 is 23.1 Å². The minimum atomic E-state index is -3.71. The summed E-state index contributed by atoms with van der Waals surface area (Å²) < 4.78 is 27.6. The number of sulfonamides is 1. The van der Waals surface area contributed by atoms with Gasteiger partial charge in [-0.05, 0) is 45.2 Å². The molecule has 1 unspecified atom stereocenters. The second kappa shape index (κ2) is 7.36. The fourth-order valence-electron chi connectivity index (χ4n) is 3.46. The van der Waals surface area contributed by atoms with Crippen molar-refractivity contribution in [1.82, 2.24) is 9.62 Å². The van der Waals surface area contributed by atoms with E-state index in [0.29, 0.717) is 24.1 Å². The Morgan fingerprint density at radius 1 is 1.23 bits per heavy atom. The number of nitrogens with zero attached hydrogens (tertiary/aromatic N) is 1. The van der Waals surface area contributed by atoms with Gasteiger partial charge in [-0.3, -0.25) is 9.59 Å². The van der Waals surface area contributed by atoms with Gasteiger partial charge in [0.25, 0.3) is 0 Å². The van der Waals surface area contributed by atoms with E-state index >= 15 is 0 Å². The SMILES string of the molecule is Cc1cc(C)c(S(=O)(=O)NCCC(=O)N2CCC(C)(C(=O)O)C2)c(C)c1. The molecule has 1 saturated heterocycles. The molecule has 0 radical (unpaired) electrons. The van der Waals surface area contributed by atoms with Gasteiger partial charge in [0.1, 0.15) is 0 Å². The van der Waals surface area contributed by atoms with E-state index in [2.05, 4.69) is 4.72 Å². The lowest BCUT2D eigenvalue weighted by Gasteiger charge is -2.20. The zero-order valence-electron chi connectivity index (χ0n) is 15.6. The number of aryl methyl sites for hydroxylation is 3. The third-order valence-corrected chi connectivity index (χ3v) is 6.61. The molecular formula is C18H26N2O5S. The first-order valence-electron chi connectivity index (χ1n) is 8.55. The van der Waals surface area contributed by atoms with Crippen LogP contribution >= 0.6 is 0 Å². The zero-order chi connectivity index (χ0) is 19.7. The van der Waals surface area contributed by atoms with Gasteiger partial charge in [-0.2, -0.15) is 0 Å². The Labute approximate surface area is 154 Å². The number of benzene rings is 1. The van der Waals surface area contributed by atoms with Crippen LogP contribution in [0.15, 0.2) is 17.0 Å². The Hall–Kier alpha value is -1.93. The Morgan fingerprint density at radius 3 is 2.31 bits per heavy atom. The van der Waals surface area contributed by atoms with Crippen molar-refractivity contribution in [3.05, 3.63) is 28.8 Å². The molecule has 1 aliphatic heterocycles. The maximum absolute atomic E-state index is 12.6. The second-order valence-corrected chi connectivity index (χ2v) is 9.01. The molecule has 1 fully saturated rings. The fourth-order valence-corrected chi connectivity index (χ4v) is 4.94. The Kier molecular flexibility index (Phi) is 5.77. The van der Waals surface area contributed by atoms with Crippen LogP contribution < -0.4 is 4.72 Å². The van der Waals surface area contributed by atoms with Crippen LogP contribution in [-0.2, 0) is 19.6 Å². The summed E-state index contributed by atoms with van der Waals surface area (Å²) in [5.74, 6) is -1.16. The van der Waals surface area contributed by atoms with Crippen LogP contribution in [0, 0.1) is 26.2 Å². The van der Waals surface area contributed by atoms with E-state index in [9.17, 15) is 23.1 Å². The summed E-state index contributed by atoms with van der Waals surface area (Å²) in [7, 11) is -3.71. The summed E-state index contributed by atoms with van der Waals surface area (Å²) in [6.07, 6.45) is 0.403. The van der Waals surface area contributed by atoms with Gasteiger partial charge in [0.05, 0.1) is 10.3 Å². The molecule has 2 rings (SSSR count). The van der Waals surface area contributed by atoms with E-state index in [-0.39, 0.29) is 30.3 Å². The minimum absolute atomic E-state index is 0.00111. The summed E-state index contributed by atoms with van der Waals surface area (Å²) in [5, 5.41) is 9.22. The smallest absolute Gasteiger partial charge is 0.311 e. The largest absolute Gasteiger partial charge is 0.481 e. The molecule has 0 aliphatic carbocycles. The summed E-state index contributed by atoms with van der Waals surface area (Å²) in [4.78, 5) is 25.2. The highest BCUT2D eigenvalue weighted by Gasteiger charge is 2.41. The number of carbonyl (C=O) groups excluding carboxylic acids is 1. The van der Waals surface area contributed by atoms with Crippen molar-refractivity contribution in [1.29, 1.82) is 0 Å². The lowest BCUT2D eigenvalue weighted by atomic mass is 9.90. The molecule has 0 aromatic heterocycles. The topological polar surface area (TPSA) is 104 Å². The van der Waals surface area contributed by atoms with Crippen LogP contribution in [-0.4, -0.2) is 49.9 Å². The van der Waals surface area contributed by atoms with E-state index in [1.165, 1.54) is 4.90 Å². The average molecular weight is 382 g/mol. The van der Waals surface area contributed by atoms with Gasteiger partial charge < -0.3 is 10.0 Å². The van der Waals surface area contributed by atoms with Gasteiger partial charge in [-0.25, -0.2) is 13.1 Å². The second-order valence-electron chi connectivity index (χ2n) is 7.31. The quantitative estimate of drug-likeness (QED) is 0.778. The predicted molar refractivity (Wildman–Crippen MR) is 97.4 cm³/mol. The molecule has 1 aromatic rings. The number of hydrogen-bond donors (Lipinski definition) is 2. The van der Waals surface area contributed by atoms with Crippen molar-refractivity contribution in [2.24, 2.45) is 5.41 Å². The minimum Gasteiger partial charge on any atom is -0.481 e. The van der Waals surface area contributed by atoms with Crippen LogP contribution in [0.4, 0.5) is 0 Å². The molecule has 2 N–H and O–H groups in total. The molecule has 1 amide bonds. The normalized spacial score (nSPS) is 20.4. The summed E-state index contributed by atoms with van der Waals surface area (Å²) in [5.41, 5.74) is 1.39. The molecule has 7 nitrogen and oxygen atoms in total. The first-order chi connectivity index (χ1) is 12.0. The Bertz CT molecular complexity index is 811. The summed E-state index contributed by atoms with van der Waals surface area (Å²) >= 11 is 0. The molecule has 1 aliphatic rings. The van der Waals surface area contributed by atoms with Crippen LogP contribution in [0.2, 0.25) is 0 Å². The van der Waals surface area contributed by atoms with Gasteiger partial charge >= 0.3 is 5.97 Å². The highest BCUT2D eigenvalue weighted by atomic mass is 32.2. The van der Waals surface area contributed by atoms with Gasteiger partial charge in [0.2, 0.25) is 15.9 Å². The Morgan fingerprint density at radius 2 is 1.81 bits per heavy atom. The number of likely N-dealkylation sites (tertiary alicyclic amines) is 1. The molecule has 0 saturated carbocycles. The van der Waals surface area contributed by atoms with Crippen molar-refractivity contribution in [2.75, 3.05) is 19.6 Å². The highest BCUT2D eigenvalue weighted by molar-refractivity contribution is 7.89.